The molecule has 1 aliphatic heterocycles. The topological polar surface area (TPSA) is 24.5 Å². The van der Waals surface area contributed by atoms with Crippen LogP contribution in [-0.4, -0.2) is 33.4 Å². The van der Waals surface area contributed by atoms with Crippen molar-refractivity contribution in [2.45, 2.75) is 26.3 Å². The first kappa shape index (κ1) is 15.6. The summed E-state index contributed by atoms with van der Waals surface area (Å²) in [6.45, 7) is 6.71. The lowest BCUT2D eigenvalue weighted by Gasteiger charge is -2.30. The number of anilines is 1. The number of ether oxygens (including phenoxy) is 1. The van der Waals surface area contributed by atoms with Gasteiger partial charge in [-0.25, -0.2) is 0 Å². The van der Waals surface area contributed by atoms with E-state index in [9.17, 15) is 0 Å². The number of nitrogens with zero attached hydrogens (tertiary/aromatic N) is 1. The summed E-state index contributed by atoms with van der Waals surface area (Å²) in [6.07, 6.45) is 2.44. The van der Waals surface area contributed by atoms with Crippen LogP contribution in [0.4, 0.5) is 5.69 Å². The smallest absolute Gasteiger partial charge is 0.0511 e. The minimum absolute atomic E-state index is 0.625. The van der Waals surface area contributed by atoms with Gasteiger partial charge in [-0.2, -0.15) is 0 Å². The Morgan fingerprint density at radius 1 is 1.45 bits per heavy atom. The fraction of sp³-hybridized carbons (Fsp3) is 0.625. The van der Waals surface area contributed by atoms with Gasteiger partial charge in [0.2, 0.25) is 0 Å². The number of hydrogen-bond acceptors (Lipinski definition) is 3. The molecule has 0 bridgehead atoms. The van der Waals surface area contributed by atoms with Gasteiger partial charge in [-0.1, -0.05) is 24.6 Å². The Hall–Kier alpha value is -0.770. The number of hydrogen-bond donors (Lipinski definition) is 1. The molecule has 20 heavy (non-hydrogen) atoms. The molecule has 3 nitrogen and oxygen atoms in total. The maximum atomic E-state index is 6.36. The predicted octanol–water partition coefficient (Wildman–Crippen LogP) is 3.31. The van der Waals surface area contributed by atoms with E-state index in [4.69, 9.17) is 16.3 Å². The number of nitrogens with one attached hydrogen (secondary N) is 1. The molecule has 1 saturated heterocycles. The lowest BCUT2D eigenvalue weighted by Crippen LogP contribution is -2.31. The quantitative estimate of drug-likeness (QED) is 0.871. The minimum Gasteiger partial charge on any atom is -0.381 e. The highest BCUT2D eigenvalue weighted by Crippen LogP contribution is 2.28. The van der Waals surface area contributed by atoms with Gasteiger partial charge in [-0.05, 0) is 37.4 Å². The van der Waals surface area contributed by atoms with Crippen LogP contribution in [0.1, 0.15) is 25.3 Å². The predicted molar refractivity (Wildman–Crippen MR) is 85.6 cm³/mol. The molecule has 1 fully saturated rings. The van der Waals surface area contributed by atoms with Crippen LogP contribution in [0.25, 0.3) is 0 Å². The van der Waals surface area contributed by atoms with Gasteiger partial charge in [0.1, 0.15) is 0 Å². The summed E-state index contributed by atoms with van der Waals surface area (Å²) in [5.41, 5.74) is 2.42. The second-order valence-electron chi connectivity index (χ2n) is 5.48. The second kappa shape index (κ2) is 7.87. The molecule has 1 aliphatic rings. The SMILES string of the molecule is CCNCc1c(Cl)cccc1N(C)CC1CCCOC1. The van der Waals surface area contributed by atoms with Crippen molar-refractivity contribution in [3.63, 3.8) is 0 Å². The first-order valence-electron chi connectivity index (χ1n) is 7.49. The summed E-state index contributed by atoms with van der Waals surface area (Å²) >= 11 is 6.36. The van der Waals surface area contributed by atoms with Gasteiger partial charge in [0.25, 0.3) is 0 Å². The molecular formula is C16H25ClN2O. The van der Waals surface area contributed by atoms with E-state index in [1.54, 1.807) is 0 Å². The fourth-order valence-corrected chi connectivity index (χ4v) is 3.00. The Kier molecular flexibility index (Phi) is 6.14. The molecule has 1 atom stereocenters. The molecule has 112 valence electrons. The Balaban J connectivity index is 2.07. The Bertz CT molecular complexity index is 419. The normalized spacial score (nSPS) is 19.1. The molecular weight excluding hydrogens is 272 g/mol. The fourth-order valence-electron chi connectivity index (χ4n) is 2.77. The average Bonchev–Trinajstić information content (AvgIpc) is 2.47. The zero-order valence-electron chi connectivity index (χ0n) is 12.5. The summed E-state index contributed by atoms with van der Waals surface area (Å²) in [6, 6.07) is 6.15. The standard InChI is InChI=1S/C16H25ClN2O/c1-3-18-10-14-15(17)7-4-8-16(14)19(2)11-13-6-5-9-20-12-13/h4,7-8,13,18H,3,5-6,9-12H2,1-2H3. The molecule has 0 amide bonds. The summed E-state index contributed by atoms with van der Waals surface area (Å²) in [5.74, 6) is 0.625. The van der Waals surface area contributed by atoms with Crippen molar-refractivity contribution in [2.24, 2.45) is 5.92 Å². The van der Waals surface area contributed by atoms with Gasteiger partial charge in [-0.3, -0.25) is 0 Å². The van der Waals surface area contributed by atoms with Crippen molar-refractivity contribution in [1.29, 1.82) is 0 Å². The molecule has 1 aromatic rings. The highest BCUT2D eigenvalue weighted by Gasteiger charge is 2.18. The lowest BCUT2D eigenvalue weighted by atomic mass is 10.0. The Morgan fingerprint density at radius 2 is 2.30 bits per heavy atom. The third-order valence-electron chi connectivity index (χ3n) is 3.84. The summed E-state index contributed by atoms with van der Waals surface area (Å²) in [5, 5.41) is 4.21. The number of rotatable bonds is 6. The average molecular weight is 297 g/mol. The molecule has 1 N–H and O–H groups in total. The van der Waals surface area contributed by atoms with Gasteiger partial charge in [-0.15, -0.1) is 0 Å². The highest BCUT2D eigenvalue weighted by molar-refractivity contribution is 6.31. The van der Waals surface area contributed by atoms with E-state index in [1.807, 2.05) is 12.1 Å². The first-order valence-corrected chi connectivity index (χ1v) is 7.87. The zero-order chi connectivity index (χ0) is 14.4. The summed E-state index contributed by atoms with van der Waals surface area (Å²) in [4.78, 5) is 2.32. The monoisotopic (exact) mass is 296 g/mol. The van der Waals surface area contributed by atoms with Crippen LogP contribution in [0, 0.1) is 5.92 Å². The van der Waals surface area contributed by atoms with Crippen LogP contribution in [0.2, 0.25) is 5.02 Å². The molecule has 2 rings (SSSR count). The minimum atomic E-state index is 0.625. The third-order valence-corrected chi connectivity index (χ3v) is 4.20. The molecule has 0 radical (unpaired) electrons. The molecule has 0 spiro atoms. The number of benzene rings is 1. The van der Waals surface area contributed by atoms with Crippen molar-refractivity contribution in [3.8, 4) is 0 Å². The van der Waals surface area contributed by atoms with Gasteiger partial charge < -0.3 is 15.0 Å². The second-order valence-corrected chi connectivity index (χ2v) is 5.89. The van der Waals surface area contributed by atoms with E-state index < -0.39 is 0 Å². The molecule has 4 heteroatoms. The van der Waals surface area contributed by atoms with Crippen molar-refractivity contribution in [2.75, 3.05) is 38.3 Å². The number of halogens is 1. The summed E-state index contributed by atoms with van der Waals surface area (Å²) in [7, 11) is 2.15. The van der Waals surface area contributed by atoms with E-state index in [1.165, 1.54) is 24.1 Å². The first-order chi connectivity index (χ1) is 9.72. The molecule has 1 aromatic carbocycles. The van der Waals surface area contributed by atoms with Crippen molar-refractivity contribution in [1.82, 2.24) is 5.32 Å². The van der Waals surface area contributed by atoms with Crippen LogP contribution >= 0.6 is 11.6 Å². The van der Waals surface area contributed by atoms with E-state index >= 15 is 0 Å². The van der Waals surface area contributed by atoms with Crippen LogP contribution in [0.5, 0.6) is 0 Å². The van der Waals surface area contributed by atoms with E-state index in [0.717, 1.165) is 37.9 Å². The van der Waals surface area contributed by atoms with Crippen molar-refractivity contribution < 1.29 is 4.74 Å². The largest absolute Gasteiger partial charge is 0.381 e. The van der Waals surface area contributed by atoms with Crippen LogP contribution < -0.4 is 10.2 Å². The molecule has 1 heterocycles. The molecule has 1 unspecified atom stereocenters. The van der Waals surface area contributed by atoms with Crippen molar-refractivity contribution in [3.05, 3.63) is 28.8 Å². The van der Waals surface area contributed by atoms with Crippen molar-refractivity contribution >= 4 is 17.3 Å². The highest BCUT2D eigenvalue weighted by atomic mass is 35.5. The van der Waals surface area contributed by atoms with Gasteiger partial charge >= 0.3 is 0 Å². The summed E-state index contributed by atoms with van der Waals surface area (Å²) < 4.78 is 5.57. The Morgan fingerprint density at radius 3 is 3.00 bits per heavy atom. The maximum absolute atomic E-state index is 6.36. The van der Waals surface area contributed by atoms with Crippen LogP contribution in [0.15, 0.2) is 18.2 Å². The third kappa shape index (κ3) is 4.11. The molecule has 0 aromatic heterocycles. The van der Waals surface area contributed by atoms with E-state index in [-0.39, 0.29) is 0 Å². The van der Waals surface area contributed by atoms with Gasteiger partial charge in [0.15, 0.2) is 0 Å². The van der Waals surface area contributed by atoms with E-state index in [2.05, 4.69) is 30.3 Å². The maximum Gasteiger partial charge on any atom is 0.0511 e. The lowest BCUT2D eigenvalue weighted by molar-refractivity contribution is 0.0576. The molecule has 0 saturated carbocycles. The van der Waals surface area contributed by atoms with E-state index in [0.29, 0.717) is 5.92 Å². The van der Waals surface area contributed by atoms with Gasteiger partial charge in [0, 0.05) is 43.0 Å². The van der Waals surface area contributed by atoms with Crippen LogP contribution in [0.3, 0.4) is 0 Å². The van der Waals surface area contributed by atoms with Gasteiger partial charge in [0.05, 0.1) is 6.61 Å². The Labute approximate surface area is 127 Å². The van der Waals surface area contributed by atoms with Crippen LogP contribution in [-0.2, 0) is 11.3 Å². The zero-order valence-corrected chi connectivity index (χ0v) is 13.2. The molecule has 0 aliphatic carbocycles.